The molecular formula is C18H17ClN2O3. The van der Waals surface area contributed by atoms with E-state index in [1.54, 1.807) is 30.3 Å². The monoisotopic (exact) mass is 344 g/mol. The Kier molecular flexibility index (Phi) is 4.20. The fourth-order valence-electron chi connectivity index (χ4n) is 2.49. The van der Waals surface area contributed by atoms with Crippen molar-refractivity contribution in [3.8, 4) is 5.75 Å². The van der Waals surface area contributed by atoms with Gasteiger partial charge < -0.3 is 15.4 Å². The number of rotatable bonds is 3. The standard InChI is InChI=1S/C18H17ClN2O3/c1-11-6-7-15-14(8-11)21-17(23)18(2,24-15)16(22)20-10-12-4-3-5-13(19)9-12/h3-9H,10H2,1-2H3,(H,20,22)(H,21,23). The third-order valence-corrected chi connectivity index (χ3v) is 4.14. The Balaban J connectivity index is 1.76. The number of carbonyl (C=O) groups excluding carboxylic acids is 2. The molecule has 2 amide bonds. The number of amides is 2. The van der Waals surface area contributed by atoms with Crippen molar-refractivity contribution >= 4 is 29.1 Å². The Labute approximate surface area is 145 Å². The molecule has 0 saturated carbocycles. The fourth-order valence-corrected chi connectivity index (χ4v) is 2.70. The summed E-state index contributed by atoms with van der Waals surface area (Å²) >= 11 is 5.93. The van der Waals surface area contributed by atoms with Crippen LogP contribution in [0.2, 0.25) is 5.02 Å². The number of ether oxygens (including phenoxy) is 1. The van der Waals surface area contributed by atoms with Crippen LogP contribution in [0.3, 0.4) is 0 Å². The highest BCUT2D eigenvalue weighted by Crippen LogP contribution is 2.34. The largest absolute Gasteiger partial charge is 0.466 e. The predicted octanol–water partition coefficient (Wildman–Crippen LogP) is 3.05. The van der Waals surface area contributed by atoms with Gasteiger partial charge in [-0.25, -0.2) is 0 Å². The summed E-state index contributed by atoms with van der Waals surface area (Å²) in [5.41, 5.74) is 0.777. The van der Waals surface area contributed by atoms with Crippen LogP contribution >= 0.6 is 11.6 Å². The Morgan fingerprint density at radius 3 is 2.83 bits per heavy atom. The van der Waals surface area contributed by atoms with E-state index in [-0.39, 0.29) is 6.54 Å². The fraction of sp³-hybridized carbons (Fsp3) is 0.222. The normalized spacial score (nSPS) is 19.0. The van der Waals surface area contributed by atoms with Crippen molar-refractivity contribution in [2.24, 2.45) is 0 Å². The molecule has 0 aromatic heterocycles. The summed E-state index contributed by atoms with van der Waals surface area (Å²) in [5, 5.41) is 6.05. The van der Waals surface area contributed by atoms with E-state index in [1.165, 1.54) is 6.92 Å². The minimum Gasteiger partial charge on any atom is -0.466 e. The van der Waals surface area contributed by atoms with Gasteiger partial charge in [-0.05, 0) is 49.2 Å². The van der Waals surface area contributed by atoms with E-state index in [1.807, 2.05) is 19.1 Å². The topological polar surface area (TPSA) is 67.4 Å². The number of hydrogen-bond donors (Lipinski definition) is 2. The maximum absolute atomic E-state index is 12.5. The van der Waals surface area contributed by atoms with Crippen LogP contribution in [0, 0.1) is 6.92 Å². The summed E-state index contributed by atoms with van der Waals surface area (Å²) in [4.78, 5) is 24.9. The van der Waals surface area contributed by atoms with E-state index in [0.717, 1.165) is 11.1 Å². The summed E-state index contributed by atoms with van der Waals surface area (Å²) in [6, 6.07) is 12.6. The molecule has 0 spiro atoms. The van der Waals surface area contributed by atoms with Crippen LogP contribution in [0.1, 0.15) is 18.1 Å². The van der Waals surface area contributed by atoms with Gasteiger partial charge in [0, 0.05) is 11.6 Å². The molecule has 24 heavy (non-hydrogen) atoms. The third kappa shape index (κ3) is 3.08. The van der Waals surface area contributed by atoms with E-state index in [0.29, 0.717) is 16.5 Å². The maximum Gasteiger partial charge on any atom is 0.278 e. The first-order valence-electron chi connectivity index (χ1n) is 7.52. The second-order valence-corrected chi connectivity index (χ2v) is 6.34. The number of anilines is 1. The summed E-state index contributed by atoms with van der Waals surface area (Å²) < 4.78 is 5.71. The number of benzene rings is 2. The first-order valence-corrected chi connectivity index (χ1v) is 7.90. The number of fused-ring (bicyclic) bond motifs is 1. The molecule has 2 N–H and O–H groups in total. The zero-order valence-electron chi connectivity index (χ0n) is 13.4. The summed E-state index contributed by atoms with van der Waals surface area (Å²) in [6.45, 7) is 3.63. The van der Waals surface area contributed by atoms with Gasteiger partial charge in [0.2, 0.25) is 0 Å². The molecule has 0 saturated heterocycles. The molecule has 2 aromatic rings. The average molecular weight is 345 g/mol. The Hall–Kier alpha value is -2.53. The predicted molar refractivity (Wildman–Crippen MR) is 92.1 cm³/mol. The van der Waals surface area contributed by atoms with Crippen molar-refractivity contribution in [3.63, 3.8) is 0 Å². The Morgan fingerprint density at radius 1 is 1.29 bits per heavy atom. The van der Waals surface area contributed by atoms with Gasteiger partial charge >= 0.3 is 0 Å². The summed E-state index contributed by atoms with van der Waals surface area (Å²) in [6.07, 6.45) is 0. The Bertz CT molecular complexity index is 822. The molecule has 1 aliphatic heterocycles. The van der Waals surface area contributed by atoms with Gasteiger partial charge in [0.25, 0.3) is 17.4 Å². The van der Waals surface area contributed by atoms with Crippen LogP contribution in [0.4, 0.5) is 5.69 Å². The lowest BCUT2D eigenvalue weighted by molar-refractivity contribution is -0.146. The molecule has 1 atom stereocenters. The number of halogens is 1. The lowest BCUT2D eigenvalue weighted by atomic mass is 10.0. The van der Waals surface area contributed by atoms with Gasteiger partial charge in [-0.3, -0.25) is 9.59 Å². The van der Waals surface area contributed by atoms with Gasteiger partial charge in [0.05, 0.1) is 5.69 Å². The Morgan fingerprint density at radius 2 is 2.08 bits per heavy atom. The molecule has 0 aliphatic carbocycles. The lowest BCUT2D eigenvalue weighted by Gasteiger charge is -2.33. The molecule has 5 nitrogen and oxygen atoms in total. The van der Waals surface area contributed by atoms with Gasteiger partial charge in [-0.2, -0.15) is 0 Å². The van der Waals surface area contributed by atoms with Crippen LogP contribution in [0.15, 0.2) is 42.5 Å². The maximum atomic E-state index is 12.5. The van der Waals surface area contributed by atoms with Crippen LogP contribution in [0.5, 0.6) is 5.75 Å². The van der Waals surface area contributed by atoms with Gasteiger partial charge in [-0.15, -0.1) is 0 Å². The molecule has 2 aromatic carbocycles. The quantitative estimate of drug-likeness (QED) is 0.841. The van der Waals surface area contributed by atoms with E-state index < -0.39 is 17.4 Å². The van der Waals surface area contributed by atoms with Crippen molar-refractivity contribution < 1.29 is 14.3 Å². The van der Waals surface area contributed by atoms with E-state index in [2.05, 4.69) is 10.6 Å². The molecular weight excluding hydrogens is 328 g/mol. The average Bonchev–Trinajstić information content (AvgIpc) is 2.54. The molecule has 0 bridgehead atoms. The highest BCUT2D eigenvalue weighted by molar-refractivity contribution is 6.30. The molecule has 6 heteroatoms. The highest BCUT2D eigenvalue weighted by Gasteiger charge is 2.47. The molecule has 0 fully saturated rings. The molecule has 1 heterocycles. The van der Waals surface area contributed by atoms with Crippen LogP contribution in [-0.4, -0.2) is 17.4 Å². The number of carbonyl (C=O) groups is 2. The first kappa shape index (κ1) is 16.3. The zero-order chi connectivity index (χ0) is 17.3. The third-order valence-electron chi connectivity index (χ3n) is 3.91. The lowest BCUT2D eigenvalue weighted by Crippen LogP contribution is -2.58. The molecule has 0 radical (unpaired) electrons. The zero-order valence-corrected chi connectivity index (χ0v) is 14.1. The SMILES string of the molecule is Cc1ccc2c(c1)NC(=O)C(C)(C(=O)NCc1cccc(Cl)c1)O2. The van der Waals surface area contributed by atoms with Crippen molar-refractivity contribution in [1.29, 1.82) is 0 Å². The van der Waals surface area contributed by atoms with E-state index in [4.69, 9.17) is 16.3 Å². The number of aryl methyl sites for hydroxylation is 1. The molecule has 1 aliphatic rings. The van der Waals surface area contributed by atoms with E-state index in [9.17, 15) is 9.59 Å². The molecule has 1 unspecified atom stereocenters. The minimum atomic E-state index is -1.62. The second-order valence-electron chi connectivity index (χ2n) is 5.90. The summed E-state index contributed by atoms with van der Waals surface area (Å²) in [5.74, 6) is -0.531. The van der Waals surface area contributed by atoms with Crippen LogP contribution in [-0.2, 0) is 16.1 Å². The van der Waals surface area contributed by atoms with Crippen LogP contribution in [0.25, 0.3) is 0 Å². The number of hydrogen-bond acceptors (Lipinski definition) is 3. The van der Waals surface area contributed by atoms with Gasteiger partial charge in [0.1, 0.15) is 5.75 Å². The summed E-state index contributed by atoms with van der Waals surface area (Å²) in [7, 11) is 0. The van der Waals surface area contributed by atoms with Crippen molar-refractivity contribution in [2.45, 2.75) is 26.0 Å². The van der Waals surface area contributed by atoms with Crippen LogP contribution < -0.4 is 15.4 Å². The smallest absolute Gasteiger partial charge is 0.278 e. The number of nitrogens with one attached hydrogen (secondary N) is 2. The van der Waals surface area contributed by atoms with Gasteiger partial charge in [0.15, 0.2) is 0 Å². The first-order chi connectivity index (χ1) is 11.4. The van der Waals surface area contributed by atoms with Crippen molar-refractivity contribution in [3.05, 3.63) is 58.6 Å². The molecule has 3 rings (SSSR count). The van der Waals surface area contributed by atoms with E-state index >= 15 is 0 Å². The van der Waals surface area contributed by atoms with Crippen molar-refractivity contribution in [2.75, 3.05) is 5.32 Å². The van der Waals surface area contributed by atoms with Gasteiger partial charge in [-0.1, -0.05) is 29.8 Å². The highest BCUT2D eigenvalue weighted by atomic mass is 35.5. The molecule has 124 valence electrons. The minimum absolute atomic E-state index is 0.256. The second kappa shape index (κ2) is 6.17. The van der Waals surface area contributed by atoms with Crippen molar-refractivity contribution in [1.82, 2.24) is 5.32 Å².